The van der Waals surface area contributed by atoms with E-state index in [9.17, 15) is 9.59 Å². The van der Waals surface area contributed by atoms with Crippen LogP contribution >= 0.6 is 11.3 Å². The first-order chi connectivity index (χ1) is 15.5. The van der Waals surface area contributed by atoms with Crippen molar-refractivity contribution in [1.29, 1.82) is 0 Å². The molecule has 1 amide bonds. The second-order valence-corrected chi connectivity index (χ2v) is 8.91. The summed E-state index contributed by atoms with van der Waals surface area (Å²) < 4.78 is 11.9. The lowest BCUT2D eigenvalue weighted by atomic mass is 10.1. The van der Waals surface area contributed by atoms with Crippen molar-refractivity contribution in [3.63, 3.8) is 0 Å². The molecule has 4 aromatic rings. The minimum absolute atomic E-state index is 0.0541. The number of para-hydroxylation sites is 2. The molecule has 3 heterocycles. The zero-order chi connectivity index (χ0) is 22.2. The number of nitrogens with zero attached hydrogens (tertiary/aromatic N) is 3. The molecule has 0 aliphatic carbocycles. The molecule has 1 aliphatic rings. The first-order valence-electron chi connectivity index (χ1n) is 10.5. The van der Waals surface area contributed by atoms with Crippen LogP contribution in [0.15, 0.2) is 57.7 Å². The van der Waals surface area contributed by atoms with E-state index < -0.39 is 5.63 Å². The molecule has 0 radical (unpaired) electrons. The number of aromatic nitrogens is 1. The van der Waals surface area contributed by atoms with E-state index in [1.54, 1.807) is 40.5 Å². The third-order valence-electron chi connectivity index (χ3n) is 5.99. The lowest BCUT2D eigenvalue weighted by Crippen LogP contribution is -2.49. The highest BCUT2D eigenvalue weighted by Gasteiger charge is 2.28. The molecule has 0 N–H and O–H groups in total. The fourth-order valence-corrected chi connectivity index (χ4v) is 5.19. The summed E-state index contributed by atoms with van der Waals surface area (Å²) in [6, 6.07) is 15.2. The molecule has 0 saturated carbocycles. The second kappa shape index (κ2) is 8.37. The Labute approximate surface area is 188 Å². The van der Waals surface area contributed by atoms with E-state index >= 15 is 0 Å². The number of fused-ring (bicyclic) bond motifs is 2. The van der Waals surface area contributed by atoms with Crippen LogP contribution in [-0.2, 0) is 0 Å². The monoisotopic (exact) mass is 449 g/mol. The number of thiazole rings is 1. The van der Waals surface area contributed by atoms with Gasteiger partial charge in [-0.05, 0) is 31.2 Å². The smallest absolute Gasteiger partial charge is 0.349 e. The van der Waals surface area contributed by atoms with E-state index in [1.165, 1.54) is 11.8 Å². The van der Waals surface area contributed by atoms with Crippen LogP contribution in [0.4, 0.5) is 0 Å². The number of hydrogen-bond donors (Lipinski definition) is 0. The quantitative estimate of drug-likeness (QED) is 0.440. The number of amides is 1. The number of methoxy groups -OCH3 is 1. The molecule has 1 aliphatic heterocycles. The molecule has 2 aromatic heterocycles. The van der Waals surface area contributed by atoms with Crippen LogP contribution in [0.2, 0.25) is 0 Å². The summed E-state index contributed by atoms with van der Waals surface area (Å²) in [5.74, 6) is 0.173. The molecule has 8 heteroatoms. The van der Waals surface area contributed by atoms with Crippen LogP contribution in [0.3, 0.4) is 0 Å². The van der Waals surface area contributed by atoms with E-state index in [0.717, 1.165) is 23.6 Å². The first-order valence-corrected chi connectivity index (χ1v) is 11.4. The van der Waals surface area contributed by atoms with Gasteiger partial charge in [-0.2, -0.15) is 0 Å². The van der Waals surface area contributed by atoms with Crippen molar-refractivity contribution in [2.45, 2.75) is 13.0 Å². The molecule has 1 fully saturated rings. The van der Waals surface area contributed by atoms with Crippen molar-refractivity contribution in [3.8, 4) is 5.75 Å². The molecule has 5 rings (SSSR count). The van der Waals surface area contributed by atoms with Crippen LogP contribution in [0.5, 0.6) is 5.75 Å². The van der Waals surface area contributed by atoms with E-state index in [-0.39, 0.29) is 17.5 Å². The Morgan fingerprint density at radius 1 is 1.12 bits per heavy atom. The van der Waals surface area contributed by atoms with E-state index in [4.69, 9.17) is 14.1 Å². The van der Waals surface area contributed by atoms with Gasteiger partial charge in [-0.15, -0.1) is 11.3 Å². The van der Waals surface area contributed by atoms with Crippen LogP contribution in [-0.4, -0.2) is 54.0 Å². The van der Waals surface area contributed by atoms with Crippen molar-refractivity contribution in [1.82, 2.24) is 14.8 Å². The van der Waals surface area contributed by atoms with Gasteiger partial charge < -0.3 is 14.1 Å². The highest BCUT2D eigenvalue weighted by Crippen LogP contribution is 2.30. The Kier molecular flexibility index (Phi) is 5.40. The van der Waals surface area contributed by atoms with Crippen molar-refractivity contribution in [2.24, 2.45) is 0 Å². The number of carbonyl (C=O) groups excluding carboxylic acids is 1. The summed E-state index contributed by atoms with van der Waals surface area (Å²) in [7, 11) is 1.52. The fourth-order valence-electron chi connectivity index (χ4n) is 4.14. The van der Waals surface area contributed by atoms with Crippen molar-refractivity contribution >= 4 is 38.4 Å². The Balaban J connectivity index is 1.31. The first kappa shape index (κ1) is 20.7. The van der Waals surface area contributed by atoms with Gasteiger partial charge in [0.2, 0.25) is 0 Å². The lowest BCUT2D eigenvalue weighted by Gasteiger charge is -2.37. The maximum atomic E-state index is 13.1. The summed E-state index contributed by atoms with van der Waals surface area (Å²) in [5, 5.41) is 1.74. The van der Waals surface area contributed by atoms with Gasteiger partial charge in [-0.1, -0.05) is 24.3 Å². The molecule has 7 nitrogen and oxygen atoms in total. The highest BCUT2D eigenvalue weighted by molar-refractivity contribution is 7.18. The van der Waals surface area contributed by atoms with Crippen LogP contribution in [0.1, 0.15) is 28.3 Å². The standard InChI is InChI=1S/C24H23N3O4S/c1-15(22-25-18-7-3-4-9-20(18)32-22)26-10-12-27(13-11-26)23(28)17-14-16-6-5-8-19(30-2)21(16)31-24(17)29/h3-9,14-15H,10-13H2,1-2H3. The number of rotatable bonds is 4. The summed E-state index contributed by atoms with van der Waals surface area (Å²) >= 11 is 1.71. The van der Waals surface area contributed by atoms with E-state index in [1.807, 2.05) is 18.2 Å². The van der Waals surface area contributed by atoms with E-state index in [2.05, 4.69) is 17.9 Å². The summed E-state index contributed by atoms with van der Waals surface area (Å²) in [6.07, 6.45) is 0. The number of benzene rings is 2. The van der Waals surface area contributed by atoms with Crippen LogP contribution in [0.25, 0.3) is 21.2 Å². The second-order valence-electron chi connectivity index (χ2n) is 7.85. The molecule has 1 atom stereocenters. The topological polar surface area (TPSA) is 75.9 Å². The molecule has 32 heavy (non-hydrogen) atoms. The minimum atomic E-state index is -0.641. The molecule has 1 unspecified atom stereocenters. The molecule has 1 saturated heterocycles. The predicted octanol–water partition coefficient (Wildman–Crippen LogP) is 3.93. The van der Waals surface area contributed by atoms with Gasteiger partial charge in [0.25, 0.3) is 5.91 Å². The summed E-state index contributed by atoms with van der Waals surface area (Å²) in [4.78, 5) is 34.5. The number of hydrogen-bond acceptors (Lipinski definition) is 7. The number of ether oxygens (including phenoxy) is 1. The maximum absolute atomic E-state index is 13.1. The SMILES string of the molecule is COc1cccc2cc(C(=O)N3CCN(C(C)c4nc5ccccc5s4)CC3)c(=O)oc12. The van der Waals surface area contributed by atoms with E-state index in [0.29, 0.717) is 29.8 Å². The van der Waals surface area contributed by atoms with Crippen molar-refractivity contribution in [2.75, 3.05) is 33.3 Å². The number of carbonyl (C=O) groups is 1. The molecule has 164 valence electrons. The largest absolute Gasteiger partial charge is 0.493 e. The third-order valence-corrected chi connectivity index (χ3v) is 7.20. The lowest BCUT2D eigenvalue weighted by molar-refractivity contribution is 0.0578. The Bertz CT molecular complexity index is 1320. The third kappa shape index (κ3) is 3.65. The predicted molar refractivity (Wildman–Crippen MR) is 125 cm³/mol. The van der Waals surface area contributed by atoms with Gasteiger partial charge in [0.05, 0.1) is 23.4 Å². The Morgan fingerprint density at radius 3 is 2.66 bits per heavy atom. The van der Waals surface area contributed by atoms with Crippen molar-refractivity contribution in [3.05, 3.63) is 69.5 Å². The van der Waals surface area contributed by atoms with Gasteiger partial charge in [0, 0.05) is 31.6 Å². The van der Waals surface area contributed by atoms with Crippen LogP contribution < -0.4 is 10.4 Å². The van der Waals surface area contributed by atoms with Crippen molar-refractivity contribution < 1.29 is 13.9 Å². The van der Waals surface area contributed by atoms with Gasteiger partial charge in [0.15, 0.2) is 11.3 Å². The molecule has 2 aromatic carbocycles. The average molecular weight is 450 g/mol. The highest BCUT2D eigenvalue weighted by atomic mass is 32.1. The Hall–Kier alpha value is -3.23. The van der Waals surface area contributed by atoms with Gasteiger partial charge in [-0.25, -0.2) is 9.78 Å². The van der Waals surface area contributed by atoms with Crippen LogP contribution in [0, 0.1) is 0 Å². The molecular formula is C24H23N3O4S. The molecule has 0 bridgehead atoms. The number of piperazine rings is 1. The molecule has 0 spiro atoms. The van der Waals surface area contributed by atoms with Gasteiger partial charge >= 0.3 is 5.63 Å². The summed E-state index contributed by atoms with van der Waals surface area (Å²) in [6.45, 7) is 4.68. The molecular weight excluding hydrogens is 426 g/mol. The maximum Gasteiger partial charge on any atom is 0.349 e. The Morgan fingerprint density at radius 2 is 1.91 bits per heavy atom. The summed E-state index contributed by atoms with van der Waals surface area (Å²) in [5.41, 5.74) is 0.787. The zero-order valence-electron chi connectivity index (χ0n) is 17.9. The van der Waals surface area contributed by atoms with Gasteiger partial charge in [0.1, 0.15) is 10.6 Å². The normalized spacial score (nSPS) is 15.9. The minimum Gasteiger partial charge on any atom is -0.493 e. The fraction of sp³-hybridized carbons (Fsp3) is 0.292. The van der Waals surface area contributed by atoms with Gasteiger partial charge in [-0.3, -0.25) is 9.69 Å². The average Bonchev–Trinajstić information content (AvgIpc) is 3.27. The zero-order valence-corrected chi connectivity index (χ0v) is 18.7.